The fraction of sp³-hybridized carbons (Fsp3) is 0.467. The second kappa shape index (κ2) is 9.62. The molecule has 1 aromatic rings. The molecule has 0 fully saturated rings. The van der Waals surface area contributed by atoms with Crippen LogP contribution in [0, 0.1) is 0 Å². The lowest BCUT2D eigenvalue weighted by Gasteiger charge is -2.13. The van der Waals surface area contributed by atoms with Gasteiger partial charge >= 0.3 is 0 Å². The number of amides is 2. The van der Waals surface area contributed by atoms with Crippen LogP contribution in [0.2, 0.25) is 0 Å². The highest BCUT2D eigenvalue weighted by Gasteiger charge is 2.18. The first-order valence-electron chi connectivity index (χ1n) is 6.88. The number of methoxy groups -OCH3 is 3. The average Bonchev–Trinajstić information content (AvgIpc) is 2.55. The minimum atomic E-state index is -0.429. The van der Waals surface area contributed by atoms with E-state index in [0.717, 1.165) is 6.42 Å². The first kappa shape index (κ1) is 17.8. The van der Waals surface area contributed by atoms with Crippen molar-refractivity contribution in [2.45, 2.75) is 6.42 Å². The molecule has 7 nitrogen and oxygen atoms in total. The van der Waals surface area contributed by atoms with Crippen molar-refractivity contribution in [3.63, 3.8) is 0 Å². The molecule has 0 aliphatic heterocycles. The molecule has 0 atom stereocenters. The lowest BCUT2D eigenvalue weighted by atomic mass is 10.1. The predicted molar refractivity (Wildman–Crippen MR) is 81.4 cm³/mol. The molecule has 0 bridgehead atoms. The molecule has 0 spiro atoms. The number of ether oxygens (including phenoxy) is 3. The number of carbonyl (C=O) groups is 2. The summed E-state index contributed by atoms with van der Waals surface area (Å²) in [5.41, 5.74) is 0.264. The Hall–Kier alpha value is -2.28. The fourth-order valence-electron chi connectivity index (χ4n) is 1.83. The Labute approximate surface area is 129 Å². The maximum absolute atomic E-state index is 12.2. The minimum absolute atomic E-state index is 0.118. The van der Waals surface area contributed by atoms with Gasteiger partial charge in [0.15, 0.2) is 0 Å². The lowest BCUT2D eigenvalue weighted by Crippen LogP contribution is -2.37. The Bertz CT molecular complexity index is 482. The Morgan fingerprint density at radius 1 is 1.05 bits per heavy atom. The highest BCUT2D eigenvalue weighted by atomic mass is 16.5. The van der Waals surface area contributed by atoms with Crippen LogP contribution in [0.3, 0.4) is 0 Å². The van der Waals surface area contributed by atoms with Crippen LogP contribution in [0.1, 0.15) is 16.8 Å². The van der Waals surface area contributed by atoms with Gasteiger partial charge in [-0.2, -0.15) is 0 Å². The van der Waals surface area contributed by atoms with Gasteiger partial charge < -0.3 is 24.8 Å². The SMILES string of the molecule is COCCCNC(=O)CNC(=O)c1c(OC)cccc1OC. The maximum Gasteiger partial charge on any atom is 0.259 e. The van der Waals surface area contributed by atoms with Gasteiger partial charge in [0.25, 0.3) is 5.91 Å². The van der Waals surface area contributed by atoms with Crippen LogP contribution in [-0.2, 0) is 9.53 Å². The van der Waals surface area contributed by atoms with E-state index in [9.17, 15) is 9.59 Å². The quantitative estimate of drug-likeness (QED) is 0.652. The van der Waals surface area contributed by atoms with Crippen LogP contribution in [0.5, 0.6) is 11.5 Å². The topological polar surface area (TPSA) is 85.9 Å². The van der Waals surface area contributed by atoms with E-state index in [0.29, 0.717) is 24.7 Å². The molecule has 0 aromatic heterocycles. The monoisotopic (exact) mass is 310 g/mol. The molecule has 0 aliphatic carbocycles. The highest BCUT2D eigenvalue weighted by Crippen LogP contribution is 2.27. The molecule has 7 heteroatoms. The molecule has 122 valence electrons. The Morgan fingerprint density at radius 2 is 1.68 bits per heavy atom. The van der Waals surface area contributed by atoms with Gasteiger partial charge in [-0.3, -0.25) is 9.59 Å². The molecule has 1 aromatic carbocycles. The summed E-state index contributed by atoms with van der Waals surface area (Å²) in [7, 11) is 4.53. The normalized spacial score (nSPS) is 9.95. The molecule has 2 amide bonds. The van der Waals surface area contributed by atoms with E-state index in [1.165, 1.54) is 14.2 Å². The maximum atomic E-state index is 12.2. The van der Waals surface area contributed by atoms with Crippen molar-refractivity contribution in [3.05, 3.63) is 23.8 Å². The Kier molecular flexibility index (Phi) is 7.77. The summed E-state index contributed by atoms with van der Waals surface area (Å²) in [5.74, 6) is 0.0781. The van der Waals surface area contributed by atoms with E-state index in [4.69, 9.17) is 14.2 Å². The number of hydrogen-bond acceptors (Lipinski definition) is 5. The Morgan fingerprint density at radius 3 is 2.23 bits per heavy atom. The van der Waals surface area contributed by atoms with Crippen LogP contribution in [0.4, 0.5) is 0 Å². The van der Waals surface area contributed by atoms with Crippen molar-refractivity contribution in [2.24, 2.45) is 0 Å². The van der Waals surface area contributed by atoms with Crippen molar-refractivity contribution in [3.8, 4) is 11.5 Å². The Balaban J connectivity index is 2.57. The summed E-state index contributed by atoms with van der Waals surface area (Å²) < 4.78 is 15.2. The summed E-state index contributed by atoms with van der Waals surface area (Å²) in [6.07, 6.45) is 0.719. The van der Waals surface area contributed by atoms with Crippen molar-refractivity contribution < 1.29 is 23.8 Å². The smallest absolute Gasteiger partial charge is 0.259 e. The van der Waals surface area contributed by atoms with Crippen LogP contribution in [0.25, 0.3) is 0 Å². The van der Waals surface area contributed by atoms with Gasteiger partial charge in [-0.1, -0.05) is 6.07 Å². The first-order chi connectivity index (χ1) is 10.6. The van der Waals surface area contributed by atoms with Gasteiger partial charge in [-0.05, 0) is 18.6 Å². The number of rotatable bonds is 9. The predicted octanol–water partition coefficient (Wildman–Crippen LogP) is 0.586. The van der Waals surface area contributed by atoms with Crippen molar-refractivity contribution in [1.82, 2.24) is 10.6 Å². The second-order valence-corrected chi connectivity index (χ2v) is 4.42. The van der Waals surface area contributed by atoms with Crippen LogP contribution in [-0.4, -0.2) is 52.8 Å². The molecule has 2 N–H and O–H groups in total. The summed E-state index contributed by atoms with van der Waals surface area (Å²) in [6, 6.07) is 5.03. The second-order valence-electron chi connectivity index (χ2n) is 4.42. The molecular formula is C15H22N2O5. The molecule has 0 saturated heterocycles. The number of carbonyl (C=O) groups excluding carboxylic acids is 2. The van der Waals surface area contributed by atoms with Crippen molar-refractivity contribution in [2.75, 3.05) is 41.0 Å². The van der Waals surface area contributed by atoms with Gasteiger partial charge in [0.05, 0.1) is 20.8 Å². The third kappa shape index (κ3) is 5.25. The van der Waals surface area contributed by atoms with Gasteiger partial charge in [0.1, 0.15) is 17.1 Å². The highest BCUT2D eigenvalue weighted by molar-refractivity contribution is 6.01. The van der Waals surface area contributed by atoms with Crippen LogP contribution >= 0.6 is 0 Å². The van der Waals surface area contributed by atoms with E-state index >= 15 is 0 Å². The van der Waals surface area contributed by atoms with Crippen molar-refractivity contribution >= 4 is 11.8 Å². The largest absolute Gasteiger partial charge is 0.496 e. The van der Waals surface area contributed by atoms with E-state index < -0.39 is 5.91 Å². The fourth-order valence-corrected chi connectivity index (χ4v) is 1.83. The molecule has 0 saturated carbocycles. The minimum Gasteiger partial charge on any atom is -0.496 e. The van der Waals surface area contributed by atoms with E-state index in [1.54, 1.807) is 25.3 Å². The van der Waals surface area contributed by atoms with Gasteiger partial charge in [0, 0.05) is 20.3 Å². The number of benzene rings is 1. The zero-order valence-electron chi connectivity index (χ0n) is 13.1. The molecular weight excluding hydrogens is 288 g/mol. The summed E-state index contributed by atoms with van der Waals surface area (Å²) in [5, 5.41) is 5.23. The summed E-state index contributed by atoms with van der Waals surface area (Å²) in [4.78, 5) is 23.8. The van der Waals surface area contributed by atoms with Crippen LogP contribution < -0.4 is 20.1 Å². The zero-order chi connectivity index (χ0) is 16.4. The molecule has 0 aliphatic rings. The average molecular weight is 310 g/mol. The zero-order valence-corrected chi connectivity index (χ0v) is 13.1. The van der Waals surface area contributed by atoms with Crippen LogP contribution in [0.15, 0.2) is 18.2 Å². The molecule has 0 radical (unpaired) electrons. The van der Waals surface area contributed by atoms with Gasteiger partial charge in [-0.15, -0.1) is 0 Å². The molecule has 0 unspecified atom stereocenters. The molecule has 1 rings (SSSR count). The lowest BCUT2D eigenvalue weighted by molar-refractivity contribution is -0.120. The van der Waals surface area contributed by atoms with Crippen molar-refractivity contribution in [1.29, 1.82) is 0 Å². The van der Waals surface area contributed by atoms with E-state index in [-0.39, 0.29) is 18.0 Å². The third-order valence-corrected chi connectivity index (χ3v) is 2.91. The summed E-state index contributed by atoms with van der Waals surface area (Å²) in [6.45, 7) is 0.957. The number of nitrogens with one attached hydrogen (secondary N) is 2. The standard InChI is InChI=1S/C15H22N2O5/c1-20-9-5-8-16-13(18)10-17-15(19)14-11(21-2)6-4-7-12(14)22-3/h4,6-7H,5,8-10H2,1-3H3,(H,16,18)(H,17,19). The molecule has 22 heavy (non-hydrogen) atoms. The van der Waals surface area contributed by atoms with Gasteiger partial charge in [0.2, 0.25) is 5.91 Å². The molecule has 0 heterocycles. The number of hydrogen-bond donors (Lipinski definition) is 2. The van der Waals surface area contributed by atoms with E-state index in [1.807, 2.05) is 0 Å². The first-order valence-corrected chi connectivity index (χ1v) is 6.88. The van der Waals surface area contributed by atoms with Gasteiger partial charge in [-0.25, -0.2) is 0 Å². The van der Waals surface area contributed by atoms with E-state index in [2.05, 4.69) is 10.6 Å². The summed E-state index contributed by atoms with van der Waals surface area (Å²) >= 11 is 0. The third-order valence-electron chi connectivity index (χ3n) is 2.91.